The van der Waals surface area contributed by atoms with Crippen molar-refractivity contribution in [3.05, 3.63) is 47.2 Å². The van der Waals surface area contributed by atoms with Crippen LogP contribution in [0.4, 0.5) is 0 Å². The summed E-state index contributed by atoms with van der Waals surface area (Å²) in [7, 11) is 0. The predicted molar refractivity (Wildman–Crippen MR) is 75.4 cm³/mol. The fourth-order valence-corrected chi connectivity index (χ4v) is 2.78. The summed E-state index contributed by atoms with van der Waals surface area (Å²) in [5.74, 6) is 0.899. The highest BCUT2D eigenvalue weighted by atomic mass is 16.3. The minimum atomic E-state index is 0.129. The molecule has 2 nitrogen and oxygen atoms in total. The second-order valence-electron chi connectivity index (χ2n) is 5.15. The highest BCUT2D eigenvalue weighted by molar-refractivity contribution is 6.21. The molecule has 0 fully saturated rings. The Bertz CT molecular complexity index is 607. The molecule has 1 aromatic heterocycles. The maximum atomic E-state index is 12.4. The molecule has 1 aromatic carbocycles. The Morgan fingerprint density at radius 2 is 1.84 bits per heavy atom. The van der Waals surface area contributed by atoms with E-state index in [1.165, 1.54) is 19.3 Å². The summed E-state index contributed by atoms with van der Waals surface area (Å²) in [6, 6.07) is 7.70. The van der Waals surface area contributed by atoms with Crippen molar-refractivity contribution in [2.75, 3.05) is 0 Å². The van der Waals surface area contributed by atoms with Crippen molar-refractivity contribution in [3.8, 4) is 11.3 Å². The zero-order chi connectivity index (χ0) is 13.2. The summed E-state index contributed by atoms with van der Waals surface area (Å²) < 4.78 is 5.64. The van der Waals surface area contributed by atoms with Crippen LogP contribution in [-0.4, -0.2) is 5.78 Å². The molecular weight excluding hydrogens is 236 g/mol. The van der Waals surface area contributed by atoms with E-state index < -0.39 is 0 Å². The Hall–Kier alpha value is -1.83. The van der Waals surface area contributed by atoms with Crippen LogP contribution < -0.4 is 0 Å². The quantitative estimate of drug-likeness (QED) is 0.622. The minimum Gasteiger partial charge on any atom is -0.463 e. The van der Waals surface area contributed by atoms with Gasteiger partial charge in [-0.25, -0.2) is 0 Å². The van der Waals surface area contributed by atoms with Crippen molar-refractivity contribution in [3.63, 3.8) is 0 Å². The lowest BCUT2D eigenvalue weighted by Gasteiger charge is -1.99. The molecule has 1 aliphatic carbocycles. The van der Waals surface area contributed by atoms with Gasteiger partial charge in [-0.1, -0.05) is 50.5 Å². The van der Waals surface area contributed by atoms with Gasteiger partial charge in [-0.15, -0.1) is 0 Å². The van der Waals surface area contributed by atoms with Crippen molar-refractivity contribution in [2.24, 2.45) is 0 Å². The molecule has 0 radical (unpaired) electrons. The van der Waals surface area contributed by atoms with Crippen LogP contribution in [0.2, 0.25) is 0 Å². The molecule has 0 aliphatic heterocycles. The van der Waals surface area contributed by atoms with Gasteiger partial charge >= 0.3 is 0 Å². The summed E-state index contributed by atoms with van der Waals surface area (Å²) in [5, 5.41) is 0. The van der Waals surface area contributed by atoms with Crippen LogP contribution in [0.5, 0.6) is 0 Å². The van der Waals surface area contributed by atoms with Crippen LogP contribution in [0.3, 0.4) is 0 Å². The van der Waals surface area contributed by atoms with Crippen molar-refractivity contribution in [1.29, 1.82) is 0 Å². The molecule has 1 aliphatic rings. The molecule has 0 saturated heterocycles. The molecule has 3 rings (SSSR count). The van der Waals surface area contributed by atoms with Gasteiger partial charge in [0.25, 0.3) is 0 Å². The molecule has 1 heterocycles. The van der Waals surface area contributed by atoms with E-state index in [1.807, 2.05) is 24.3 Å². The highest BCUT2D eigenvalue weighted by Gasteiger charge is 2.31. The van der Waals surface area contributed by atoms with Crippen LogP contribution in [0.25, 0.3) is 11.3 Å². The van der Waals surface area contributed by atoms with E-state index in [2.05, 4.69) is 6.92 Å². The summed E-state index contributed by atoms with van der Waals surface area (Å²) in [4.78, 5) is 12.4. The number of carbonyl (C=O) groups excluding carboxylic acids is 1. The molecule has 19 heavy (non-hydrogen) atoms. The third kappa shape index (κ3) is 2.01. The lowest BCUT2D eigenvalue weighted by atomic mass is 10.0. The normalized spacial score (nSPS) is 12.6. The molecule has 2 heteroatoms. The number of aryl methyl sites for hydroxylation is 1. The molecule has 0 bridgehead atoms. The largest absolute Gasteiger partial charge is 0.463 e. The van der Waals surface area contributed by atoms with Gasteiger partial charge in [0.1, 0.15) is 5.76 Å². The van der Waals surface area contributed by atoms with E-state index in [0.717, 1.165) is 40.9 Å². The van der Waals surface area contributed by atoms with Crippen molar-refractivity contribution >= 4 is 5.78 Å². The Labute approximate surface area is 113 Å². The van der Waals surface area contributed by atoms with Gasteiger partial charge < -0.3 is 4.42 Å². The molecule has 0 N–H and O–H groups in total. The summed E-state index contributed by atoms with van der Waals surface area (Å²) >= 11 is 0. The molecule has 98 valence electrons. The topological polar surface area (TPSA) is 30.2 Å². The third-order valence-corrected chi connectivity index (χ3v) is 3.81. The van der Waals surface area contributed by atoms with E-state index >= 15 is 0 Å². The van der Waals surface area contributed by atoms with Crippen LogP contribution >= 0.6 is 0 Å². The Kier molecular flexibility index (Phi) is 3.24. The smallest absolute Gasteiger partial charge is 0.197 e. The lowest BCUT2D eigenvalue weighted by molar-refractivity contribution is 0.104. The Morgan fingerprint density at radius 3 is 2.63 bits per heavy atom. The Morgan fingerprint density at radius 1 is 1.05 bits per heavy atom. The van der Waals surface area contributed by atoms with Crippen LogP contribution in [0, 0.1) is 0 Å². The standard InChI is InChI=1S/C17H18O2/c1-2-3-4-5-8-12-11-19-17-14-10-7-6-9-13(14)16(18)15(12)17/h6-7,9-11H,2-5,8H2,1H3. The zero-order valence-corrected chi connectivity index (χ0v) is 11.2. The first-order valence-electron chi connectivity index (χ1n) is 7.07. The van der Waals surface area contributed by atoms with Crippen LogP contribution in [0.15, 0.2) is 34.9 Å². The van der Waals surface area contributed by atoms with E-state index in [-0.39, 0.29) is 5.78 Å². The average Bonchev–Trinajstić information content (AvgIpc) is 2.97. The van der Waals surface area contributed by atoms with Gasteiger partial charge in [0, 0.05) is 16.7 Å². The SMILES string of the molecule is CCCCCCc1coc2c1C(=O)c1ccccc1-2. The number of carbonyl (C=O) groups is 1. The first-order chi connectivity index (χ1) is 9.33. The Balaban J connectivity index is 1.85. The van der Waals surface area contributed by atoms with Crippen LogP contribution in [0.1, 0.15) is 54.1 Å². The molecule has 0 saturated carbocycles. The fourth-order valence-electron chi connectivity index (χ4n) is 2.78. The third-order valence-electron chi connectivity index (χ3n) is 3.81. The second kappa shape index (κ2) is 5.04. The van der Waals surface area contributed by atoms with Gasteiger partial charge in [-0.05, 0) is 12.8 Å². The molecule has 0 spiro atoms. The zero-order valence-electron chi connectivity index (χ0n) is 11.2. The van der Waals surface area contributed by atoms with E-state index in [0.29, 0.717) is 0 Å². The van der Waals surface area contributed by atoms with E-state index in [1.54, 1.807) is 6.26 Å². The predicted octanol–water partition coefficient (Wildman–Crippen LogP) is 4.61. The number of fused-ring (bicyclic) bond motifs is 3. The van der Waals surface area contributed by atoms with Gasteiger partial charge in [0.2, 0.25) is 0 Å². The van der Waals surface area contributed by atoms with Crippen molar-refractivity contribution < 1.29 is 9.21 Å². The number of furan rings is 1. The second-order valence-corrected chi connectivity index (χ2v) is 5.15. The van der Waals surface area contributed by atoms with Crippen molar-refractivity contribution in [2.45, 2.75) is 39.0 Å². The monoisotopic (exact) mass is 254 g/mol. The minimum absolute atomic E-state index is 0.129. The summed E-state index contributed by atoms with van der Waals surface area (Å²) in [6.07, 6.45) is 7.55. The molecular formula is C17H18O2. The van der Waals surface area contributed by atoms with Crippen molar-refractivity contribution in [1.82, 2.24) is 0 Å². The number of unbranched alkanes of at least 4 members (excludes halogenated alkanes) is 3. The number of rotatable bonds is 5. The first kappa shape index (κ1) is 12.2. The highest BCUT2D eigenvalue weighted by Crippen LogP contribution is 2.39. The average molecular weight is 254 g/mol. The first-order valence-corrected chi connectivity index (χ1v) is 7.07. The maximum Gasteiger partial charge on any atom is 0.197 e. The number of benzene rings is 1. The summed E-state index contributed by atoms with van der Waals surface area (Å²) in [5.41, 5.74) is 3.61. The molecule has 0 unspecified atom stereocenters. The molecule has 2 aromatic rings. The van der Waals surface area contributed by atoms with E-state index in [4.69, 9.17) is 4.42 Å². The number of hydrogen-bond acceptors (Lipinski definition) is 2. The van der Waals surface area contributed by atoms with E-state index in [9.17, 15) is 4.79 Å². The van der Waals surface area contributed by atoms with Gasteiger partial charge in [-0.3, -0.25) is 4.79 Å². The van der Waals surface area contributed by atoms with Crippen LogP contribution in [-0.2, 0) is 6.42 Å². The van der Waals surface area contributed by atoms with Gasteiger partial charge in [0.15, 0.2) is 5.78 Å². The fraction of sp³-hybridized carbons (Fsp3) is 0.353. The summed E-state index contributed by atoms with van der Waals surface area (Å²) in [6.45, 7) is 2.20. The number of ketones is 1. The number of hydrogen-bond donors (Lipinski definition) is 0. The van der Waals surface area contributed by atoms with Gasteiger partial charge in [-0.2, -0.15) is 0 Å². The molecule has 0 amide bonds. The van der Waals surface area contributed by atoms with Gasteiger partial charge in [0.05, 0.1) is 11.8 Å². The maximum absolute atomic E-state index is 12.4. The lowest BCUT2D eigenvalue weighted by Crippen LogP contribution is -1.98. The molecule has 0 atom stereocenters.